The fraction of sp³-hybridized carbons (Fsp3) is 0.368. The lowest BCUT2D eigenvalue weighted by molar-refractivity contribution is -0.384. The third-order valence-electron chi connectivity index (χ3n) is 4.43. The van der Waals surface area contributed by atoms with Crippen LogP contribution in [0.4, 0.5) is 5.69 Å². The van der Waals surface area contributed by atoms with E-state index in [9.17, 15) is 10.1 Å². The van der Waals surface area contributed by atoms with E-state index < -0.39 is 0 Å². The number of aryl methyl sites for hydroxylation is 1. The molecule has 0 radical (unpaired) electrons. The van der Waals surface area contributed by atoms with Crippen molar-refractivity contribution >= 4 is 5.69 Å². The summed E-state index contributed by atoms with van der Waals surface area (Å²) in [5.41, 5.74) is 3.61. The first-order valence-corrected chi connectivity index (χ1v) is 8.37. The van der Waals surface area contributed by atoms with Crippen molar-refractivity contribution in [1.82, 2.24) is 4.90 Å². The topological polar surface area (TPSA) is 55.6 Å². The van der Waals surface area contributed by atoms with Crippen molar-refractivity contribution in [2.24, 2.45) is 0 Å². The third kappa shape index (κ3) is 4.19. The summed E-state index contributed by atoms with van der Waals surface area (Å²) in [4.78, 5) is 12.9. The number of rotatable bonds is 6. The Bertz CT molecular complexity index is 679. The van der Waals surface area contributed by atoms with Crippen molar-refractivity contribution in [2.45, 2.75) is 12.8 Å². The summed E-state index contributed by atoms with van der Waals surface area (Å²) in [6.07, 6.45) is 2.11. The van der Waals surface area contributed by atoms with Crippen LogP contribution >= 0.6 is 0 Å². The number of benzene rings is 2. The molecule has 0 N–H and O–H groups in total. The minimum absolute atomic E-state index is 0.128. The zero-order valence-corrected chi connectivity index (χ0v) is 13.7. The highest BCUT2D eigenvalue weighted by atomic mass is 16.6. The maximum atomic E-state index is 10.8. The first kappa shape index (κ1) is 16.6. The fourth-order valence-electron chi connectivity index (χ4n) is 3.10. The molecule has 1 heterocycles. The Balaban J connectivity index is 1.67. The van der Waals surface area contributed by atoms with Gasteiger partial charge in [0.25, 0.3) is 5.69 Å². The van der Waals surface area contributed by atoms with Crippen LogP contribution in [-0.4, -0.2) is 42.7 Å². The van der Waals surface area contributed by atoms with Crippen LogP contribution in [0.1, 0.15) is 12.0 Å². The molecule has 126 valence electrons. The van der Waals surface area contributed by atoms with E-state index >= 15 is 0 Å². The largest absolute Gasteiger partial charge is 0.379 e. The predicted molar refractivity (Wildman–Crippen MR) is 94.1 cm³/mol. The molecule has 0 aliphatic carbocycles. The molecule has 2 aromatic carbocycles. The standard InChI is InChI=1S/C19H22N2O3/c22-21(23)18-9-7-17(8-10-18)19-6-2-1-4-16(19)5-3-11-20-12-14-24-15-13-20/h1-2,4,6-10H,3,5,11-15H2. The summed E-state index contributed by atoms with van der Waals surface area (Å²) in [6.45, 7) is 4.78. The highest BCUT2D eigenvalue weighted by Crippen LogP contribution is 2.26. The Kier molecular flexibility index (Phi) is 5.56. The molecular weight excluding hydrogens is 304 g/mol. The van der Waals surface area contributed by atoms with Crippen LogP contribution in [0, 0.1) is 10.1 Å². The van der Waals surface area contributed by atoms with E-state index in [1.165, 1.54) is 5.56 Å². The second-order valence-corrected chi connectivity index (χ2v) is 6.02. The Morgan fingerprint density at radius 2 is 1.75 bits per heavy atom. The first-order valence-electron chi connectivity index (χ1n) is 8.37. The van der Waals surface area contributed by atoms with Gasteiger partial charge in [-0.15, -0.1) is 0 Å². The van der Waals surface area contributed by atoms with Crippen LogP contribution in [0.2, 0.25) is 0 Å². The number of hydrogen-bond donors (Lipinski definition) is 0. The molecule has 5 heteroatoms. The zero-order valence-electron chi connectivity index (χ0n) is 13.7. The molecule has 0 unspecified atom stereocenters. The second-order valence-electron chi connectivity index (χ2n) is 6.02. The molecule has 2 aromatic rings. The monoisotopic (exact) mass is 326 g/mol. The van der Waals surface area contributed by atoms with Crippen molar-refractivity contribution in [3.63, 3.8) is 0 Å². The Hall–Kier alpha value is -2.24. The van der Waals surface area contributed by atoms with E-state index in [0.29, 0.717) is 0 Å². The van der Waals surface area contributed by atoms with E-state index in [2.05, 4.69) is 23.1 Å². The summed E-state index contributed by atoms with van der Waals surface area (Å²) in [5, 5.41) is 10.8. The zero-order chi connectivity index (χ0) is 16.8. The molecule has 1 aliphatic heterocycles. The highest BCUT2D eigenvalue weighted by Gasteiger charge is 2.11. The van der Waals surface area contributed by atoms with E-state index in [1.807, 2.05) is 18.2 Å². The fourth-order valence-corrected chi connectivity index (χ4v) is 3.10. The lowest BCUT2D eigenvalue weighted by Crippen LogP contribution is -2.36. The summed E-state index contributed by atoms with van der Waals surface area (Å²) in [5.74, 6) is 0. The molecule has 5 nitrogen and oxygen atoms in total. The van der Waals surface area contributed by atoms with Crippen molar-refractivity contribution in [1.29, 1.82) is 0 Å². The summed E-state index contributed by atoms with van der Waals surface area (Å²) < 4.78 is 5.38. The van der Waals surface area contributed by atoms with Crippen LogP contribution in [0.5, 0.6) is 0 Å². The van der Waals surface area contributed by atoms with Gasteiger partial charge in [0.15, 0.2) is 0 Å². The van der Waals surface area contributed by atoms with Crippen LogP contribution in [-0.2, 0) is 11.2 Å². The smallest absolute Gasteiger partial charge is 0.269 e. The number of nitrogens with zero attached hydrogens (tertiary/aromatic N) is 2. The van der Waals surface area contributed by atoms with Crippen molar-refractivity contribution < 1.29 is 9.66 Å². The summed E-state index contributed by atoms with van der Waals surface area (Å²) >= 11 is 0. The minimum Gasteiger partial charge on any atom is -0.379 e. The number of ether oxygens (including phenoxy) is 1. The van der Waals surface area contributed by atoms with Gasteiger partial charge >= 0.3 is 0 Å². The van der Waals surface area contributed by atoms with Crippen LogP contribution in [0.3, 0.4) is 0 Å². The van der Waals surface area contributed by atoms with Gasteiger partial charge in [-0.3, -0.25) is 15.0 Å². The predicted octanol–water partition coefficient (Wildman–Crippen LogP) is 3.53. The molecule has 0 spiro atoms. The van der Waals surface area contributed by atoms with Crippen molar-refractivity contribution in [3.05, 3.63) is 64.2 Å². The number of hydrogen-bond acceptors (Lipinski definition) is 4. The Morgan fingerprint density at radius 3 is 2.46 bits per heavy atom. The average Bonchev–Trinajstić information content (AvgIpc) is 2.63. The van der Waals surface area contributed by atoms with E-state index in [4.69, 9.17) is 4.74 Å². The quantitative estimate of drug-likeness (QED) is 0.602. The summed E-state index contributed by atoms with van der Waals surface area (Å²) in [7, 11) is 0. The first-order chi connectivity index (χ1) is 11.7. The number of morpholine rings is 1. The molecule has 0 saturated carbocycles. The molecule has 0 bridgehead atoms. The van der Waals surface area contributed by atoms with Gasteiger partial charge in [0.1, 0.15) is 0 Å². The Labute approximate surface area is 142 Å². The highest BCUT2D eigenvalue weighted by molar-refractivity contribution is 5.68. The molecule has 3 rings (SSSR count). The molecule has 1 fully saturated rings. The lowest BCUT2D eigenvalue weighted by Gasteiger charge is -2.26. The lowest BCUT2D eigenvalue weighted by atomic mass is 9.96. The van der Waals surface area contributed by atoms with E-state index in [1.54, 1.807) is 12.1 Å². The van der Waals surface area contributed by atoms with Gasteiger partial charge in [-0.2, -0.15) is 0 Å². The van der Waals surface area contributed by atoms with Gasteiger partial charge in [-0.05, 0) is 48.2 Å². The van der Waals surface area contributed by atoms with Gasteiger partial charge in [0.05, 0.1) is 18.1 Å². The Morgan fingerprint density at radius 1 is 1.04 bits per heavy atom. The van der Waals surface area contributed by atoms with Gasteiger partial charge in [0, 0.05) is 25.2 Å². The third-order valence-corrected chi connectivity index (χ3v) is 4.43. The second kappa shape index (κ2) is 8.04. The van der Waals surface area contributed by atoms with Gasteiger partial charge in [-0.25, -0.2) is 0 Å². The van der Waals surface area contributed by atoms with Gasteiger partial charge in [0.2, 0.25) is 0 Å². The maximum absolute atomic E-state index is 10.8. The minimum atomic E-state index is -0.363. The molecular formula is C19H22N2O3. The molecule has 1 saturated heterocycles. The molecule has 0 atom stereocenters. The number of nitro benzene ring substituents is 1. The van der Waals surface area contributed by atoms with Crippen LogP contribution < -0.4 is 0 Å². The molecule has 0 amide bonds. The normalized spacial score (nSPS) is 15.3. The van der Waals surface area contributed by atoms with Crippen LogP contribution in [0.15, 0.2) is 48.5 Å². The van der Waals surface area contributed by atoms with E-state index in [-0.39, 0.29) is 10.6 Å². The maximum Gasteiger partial charge on any atom is 0.269 e. The molecule has 24 heavy (non-hydrogen) atoms. The molecule has 1 aliphatic rings. The average molecular weight is 326 g/mol. The summed E-state index contributed by atoms with van der Waals surface area (Å²) in [6, 6.07) is 15.1. The van der Waals surface area contributed by atoms with Gasteiger partial charge in [-0.1, -0.05) is 24.3 Å². The number of non-ortho nitro benzene ring substituents is 1. The number of nitro groups is 1. The molecule has 0 aromatic heterocycles. The van der Waals surface area contributed by atoms with Crippen molar-refractivity contribution in [2.75, 3.05) is 32.8 Å². The van der Waals surface area contributed by atoms with Crippen molar-refractivity contribution in [3.8, 4) is 11.1 Å². The van der Waals surface area contributed by atoms with E-state index in [0.717, 1.165) is 56.8 Å². The van der Waals surface area contributed by atoms with Gasteiger partial charge < -0.3 is 4.74 Å². The van der Waals surface area contributed by atoms with Crippen LogP contribution in [0.25, 0.3) is 11.1 Å². The SMILES string of the molecule is O=[N+]([O-])c1ccc(-c2ccccc2CCCN2CCOCC2)cc1.